The first-order chi connectivity index (χ1) is 10.2. The zero-order valence-corrected chi connectivity index (χ0v) is 13.4. The van der Waals surface area contributed by atoms with Crippen molar-refractivity contribution in [1.29, 1.82) is 0 Å². The van der Waals surface area contributed by atoms with E-state index >= 15 is 0 Å². The van der Waals surface area contributed by atoms with E-state index in [2.05, 4.69) is 14.9 Å². The van der Waals surface area contributed by atoms with E-state index in [4.69, 9.17) is 19.9 Å². The summed E-state index contributed by atoms with van der Waals surface area (Å²) >= 11 is 0. The molecule has 1 fully saturated rings. The van der Waals surface area contributed by atoms with Gasteiger partial charge in [0.15, 0.2) is 11.5 Å². The lowest BCUT2D eigenvalue weighted by atomic mass is 10.2. The van der Waals surface area contributed by atoms with Crippen LogP contribution in [0.3, 0.4) is 0 Å². The molecule has 0 aliphatic carbocycles. The molecule has 0 unspecified atom stereocenters. The van der Waals surface area contributed by atoms with E-state index in [1.54, 1.807) is 20.3 Å². The molecule has 1 aliphatic heterocycles. The Balaban J connectivity index is 0.00000176. The average molecular weight is 327 g/mol. The van der Waals surface area contributed by atoms with Gasteiger partial charge in [-0.15, -0.1) is 12.4 Å². The fourth-order valence-corrected chi connectivity index (χ4v) is 2.43. The summed E-state index contributed by atoms with van der Waals surface area (Å²) in [6.07, 6.45) is 0. The number of hydrogen-bond acceptors (Lipinski definition) is 7. The molecule has 2 N–H and O–H groups in total. The van der Waals surface area contributed by atoms with Gasteiger partial charge in [-0.2, -0.15) is 4.98 Å². The van der Waals surface area contributed by atoms with Gasteiger partial charge in [0.1, 0.15) is 11.3 Å². The first-order valence-corrected chi connectivity index (χ1v) is 6.75. The van der Waals surface area contributed by atoms with Crippen molar-refractivity contribution in [2.45, 2.75) is 0 Å². The first kappa shape index (κ1) is 16.4. The van der Waals surface area contributed by atoms with Gasteiger partial charge in [-0.25, -0.2) is 4.98 Å². The van der Waals surface area contributed by atoms with Gasteiger partial charge >= 0.3 is 0 Å². The van der Waals surface area contributed by atoms with E-state index in [-0.39, 0.29) is 12.4 Å². The lowest BCUT2D eigenvalue weighted by Gasteiger charge is -2.27. The molecule has 120 valence electrons. The minimum Gasteiger partial charge on any atom is -0.493 e. The molecule has 0 spiro atoms. The third-order valence-corrected chi connectivity index (χ3v) is 3.52. The number of hydrogen-bond donors (Lipinski definition) is 1. The Hall–Kier alpha value is -1.99. The molecule has 3 rings (SSSR count). The minimum atomic E-state index is 0. The molecule has 0 amide bonds. The maximum atomic E-state index is 6.07. The number of nitrogen functional groups attached to an aromatic ring is 1. The highest BCUT2D eigenvalue weighted by atomic mass is 35.5. The van der Waals surface area contributed by atoms with Crippen molar-refractivity contribution < 1.29 is 14.2 Å². The zero-order valence-electron chi connectivity index (χ0n) is 12.5. The van der Waals surface area contributed by atoms with E-state index in [0.29, 0.717) is 42.0 Å². The number of methoxy groups -OCH3 is 2. The quantitative estimate of drug-likeness (QED) is 0.914. The summed E-state index contributed by atoms with van der Waals surface area (Å²) in [7, 11) is 3.18. The van der Waals surface area contributed by atoms with Crippen molar-refractivity contribution >= 4 is 35.1 Å². The van der Waals surface area contributed by atoms with Crippen LogP contribution in [0.15, 0.2) is 12.1 Å². The number of anilines is 2. The lowest BCUT2D eigenvalue weighted by Crippen LogP contribution is -2.37. The molecule has 1 aliphatic rings. The van der Waals surface area contributed by atoms with Crippen molar-refractivity contribution in [2.75, 3.05) is 51.2 Å². The lowest BCUT2D eigenvalue weighted by molar-refractivity contribution is 0.122. The van der Waals surface area contributed by atoms with Crippen molar-refractivity contribution in [1.82, 2.24) is 9.97 Å². The van der Waals surface area contributed by atoms with Gasteiger partial charge in [-0.3, -0.25) is 0 Å². The van der Waals surface area contributed by atoms with Gasteiger partial charge in [0.2, 0.25) is 5.95 Å². The smallest absolute Gasteiger partial charge is 0.228 e. The predicted molar refractivity (Wildman–Crippen MR) is 87.3 cm³/mol. The molecule has 22 heavy (non-hydrogen) atoms. The highest BCUT2D eigenvalue weighted by Gasteiger charge is 2.19. The summed E-state index contributed by atoms with van der Waals surface area (Å²) in [5.74, 6) is 2.21. The minimum absolute atomic E-state index is 0. The second kappa shape index (κ2) is 6.85. The normalized spacial score (nSPS) is 14.5. The fraction of sp³-hybridized carbons (Fsp3) is 0.429. The fourth-order valence-electron chi connectivity index (χ4n) is 2.43. The molecular weight excluding hydrogens is 308 g/mol. The number of fused-ring (bicyclic) bond motifs is 1. The summed E-state index contributed by atoms with van der Waals surface area (Å²) in [5.41, 5.74) is 6.73. The Bertz CT molecular complexity index is 662. The van der Waals surface area contributed by atoms with Crippen LogP contribution >= 0.6 is 12.4 Å². The van der Waals surface area contributed by atoms with Gasteiger partial charge in [-0.05, 0) is 12.1 Å². The average Bonchev–Trinajstić information content (AvgIpc) is 2.54. The van der Waals surface area contributed by atoms with Gasteiger partial charge in [0.25, 0.3) is 0 Å². The van der Waals surface area contributed by atoms with E-state index < -0.39 is 0 Å². The molecule has 0 saturated carbocycles. The molecule has 1 aromatic carbocycles. The van der Waals surface area contributed by atoms with Gasteiger partial charge in [-0.1, -0.05) is 0 Å². The van der Waals surface area contributed by atoms with E-state index in [9.17, 15) is 0 Å². The molecule has 1 aromatic heterocycles. The Labute approximate surface area is 134 Å². The standard InChI is InChI=1S/C14H18N4O3.ClH/c1-19-10-4-3-9-11(12(10)20-2)16-14(17-13(9)15)18-5-7-21-8-6-18;/h3-4H,5-8H2,1-2H3,(H2,15,16,17);1H. The van der Waals surface area contributed by atoms with Crippen molar-refractivity contribution in [3.05, 3.63) is 12.1 Å². The first-order valence-electron chi connectivity index (χ1n) is 6.75. The molecule has 0 atom stereocenters. The monoisotopic (exact) mass is 326 g/mol. The SMILES string of the molecule is COc1ccc2c(N)nc(N3CCOCC3)nc2c1OC.Cl. The van der Waals surface area contributed by atoms with Crippen LogP contribution in [0.2, 0.25) is 0 Å². The van der Waals surface area contributed by atoms with E-state index in [1.807, 2.05) is 6.07 Å². The third kappa shape index (κ3) is 2.82. The van der Waals surface area contributed by atoms with Crippen molar-refractivity contribution in [2.24, 2.45) is 0 Å². The van der Waals surface area contributed by atoms with Crippen LogP contribution < -0.4 is 20.1 Å². The number of ether oxygens (including phenoxy) is 3. The number of benzene rings is 1. The summed E-state index contributed by atoms with van der Waals surface area (Å²) in [6.45, 7) is 2.82. The summed E-state index contributed by atoms with van der Waals surface area (Å²) in [6, 6.07) is 3.64. The molecule has 7 nitrogen and oxygen atoms in total. The Morgan fingerprint density at radius 3 is 2.50 bits per heavy atom. The second-order valence-electron chi connectivity index (χ2n) is 4.71. The predicted octanol–water partition coefficient (Wildman–Crippen LogP) is 1.49. The van der Waals surface area contributed by atoms with Crippen LogP contribution in [-0.2, 0) is 4.74 Å². The maximum Gasteiger partial charge on any atom is 0.228 e. The highest BCUT2D eigenvalue weighted by molar-refractivity contribution is 5.95. The maximum absolute atomic E-state index is 6.07. The van der Waals surface area contributed by atoms with Crippen molar-refractivity contribution in [3.8, 4) is 11.5 Å². The van der Waals surface area contributed by atoms with Crippen LogP contribution in [0.5, 0.6) is 11.5 Å². The molecule has 0 radical (unpaired) electrons. The van der Waals surface area contributed by atoms with Crippen LogP contribution in [0, 0.1) is 0 Å². The molecule has 2 heterocycles. The number of nitrogens with zero attached hydrogens (tertiary/aromatic N) is 3. The van der Waals surface area contributed by atoms with Gasteiger partial charge in [0.05, 0.1) is 27.4 Å². The van der Waals surface area contributed by atoms with Crippen LogP contribution in [0.1, 0.15) is 0 Å². The van der Waals surface area contributed by atoms with E-state index in [0.717, 1.165) is 18.5 Å². The largest absolute Gasteiger partial charge is 0.493 e. The van der Waals surface area contributed by atoms with Crippen LogP contribution in [0.4, 0.5) is 11.8 Å². The molecule has 0 bridgehead atoms. The summed E-state index contributed by atoms with van der Waals surface area (Å²) in [5, 5.41) is 0.754. The highest BCUT2D eigenvalue weighted by Crippen LogP contribution is 2.36. The molecular formula is C14H19ClN4O3. The third-order valence-electron chi connectivity index (χ3n) is 3.52. The van der Waals surface area contributed by atoms with Gasteiger partial charge in [0, 0.05) is 18.5 Å². The van der Waals surface area contributed by atoms with Crippen molar-refractivity contribution in [3.63, 3.8) is 0 Å². The Morgan fingerprint density at radius 1 is 1.14 bits per heavy atom. The van der Waals surface area contributed by atoms with Crippen LogP contribution in [0.25, 0.3) is 10.9 Å². The number of aromatic nitrogens is 2. The topological polar surface area (TPSA) is 82.7 Å². The number of rotatable bonds is 3. The second-order valence-corrected chi connectivity index (χ2v) is 4.71. The summed E-state index contributed by atoms with van der Waals surface area (Å²) < 4.78 is 16.1. The van der Waals surface area contributed by atoms with Crippen LogP contribution in [-0.4, -0.2) is 50.5 Å². The Morgan fingerprint density at radius 2 is 1.86 bits per heavy atom. The number of morpholine rings is 1. The summed E-state index contributed by atoms with van der Waals surface area (Å²) in [4.78, 5) is 11.1. The van der Waals surface area contributed by atoms with E-state index in [1.165, 1.54) is 0 Å². The number of nitrogens with two attached hydrogens (primary N) is 1. The molecule has 2 aromatic rings. The zero-order chi connectivity index (χ0) is 14.8. The number of halogens is 1. The Kier molecular flexibility index (Phi) is 5.10. The molecule has 8 heteroatoms. The van der Waals surface area contributed by atoms with Gasteiger partial charge < -0.3 is 24.8 Å². The molecule has 1 saturated heterocycles.